The van der Waals surface area contributed by atoms with Crippen LogP contribution in [-0.2, 0) is 12.0 Å². The Bertz CT molecular complexity index is 1060. The highest BCUT2D eigenvalue weighted by Gasteiger charge is 2.38. The van der Waals surface area contributed by atoms with E-state index in [9.17, 15) is 9.90 Å². The maximum absolute atomic E-state index is 12.4. The van der Waals surface area contributed by atoms with Gasteiger partial charge in [0.05, 0.1) is 0 Å². The van der Waals surface area contributed by atoms with Gasteiger partial charge in [0.15, 0.2) is 0 Å². The van der Waals surface area contributed by atoms with Crippen LogP contribution < -0.4 is 0 Å². The molecular weight excluding hydrogens is 396 g/mol. The highest BCUT2D eigenvalue weighted by atomic mass is 16.3. The van der Waals surface area contributed by atoms with Crippen LogP contribution in [0.5, 0.6) is 5.75 Å². The standard InChI is InChI=1S/C28H32N2O2/c1-21-7-9-22(10-8-21)20-30-17-15-28(16-18-30,25-5-4-6-26(31)19-25)24-13-11-23(12-14-24)27(32)29(2)3/h4-14,19,31H,15-18,20H2,1-3H3. The molecule has 0 aromatic heterocycles. The molecule has 4 heteroatoms. The first-order valence-electron chi connectivity index (χ1n) is 11.3. The Hall–Kier alpha value is -3.11. The van der Waals surface area contributed by atoms with Crippen molar-refractivity contribution in [1.29, 1.82) is 0 Å². The summed E-state index contributed by atoms with van der Waals surface area (Å²) in [4.78, 5) is 16.5. The van der Waals surface area contributed by atoms with Crippen LogP contribution in [0.25, 0.3) is 0 Å². The lowest BCUT2D eigenvalue weighted by atomic mass is 9.68. The fourth-order valence-electron chi connectivity index (χ4n) is 4.78. The van der Waals surface area contributed by atoms with E-state index >= 15 is 0 Å². The van der Waals surface area contributed by atoms with Crippen LogP contribution >= 0.6 is 0 Å². The number of hydrogen-bond donors (Lipinski definition) is 1. The second-order valence-corrected chi connectivity index (χ2v) is 9.17. The van der Waals surface area contributed by atoms with Crippen molar-refractivity contribution in [3.05, 3.63) is 101 Å². The molecule has 1 amide bonds. The fraction of sp³-hybridized carbons (Fsp3) is 0.321. The Morgan fingerprint density at radius 1 is 0.938 bits per heavy atom. The van der Waals surface area contributed by atoms with Crippen molar-refractivity contribution in [3.63, 3.8) is 0 Å². The number of aromatic hydroxyl groups is 1. The lowest BCUT2D eigenvalue weighted by Gasteiger charge is -2.43. The van der Waals surface area contributed by atoms with Crippen LogP contribution in [-0.4, -0.2) is 48.0 Å². The van der Waals surface area contributed by atoms with Gasteiger partial charge in [0.1, 0.15) is 5.75 Å². The van der Waals surface area contributed by atoms with Crippen LogP contribution in [0, 0.1) is 6.92 Å². The van der Waals surface area contributed by atoms with E-state index in [2.05, 4.69) is 54.3 Å². The van der Waals surface area contributed by atoms with E-state index in [0.29, 0.717) is 11.3 Å². The Morgan fingerprint density at radius 3 is 2.19 bits per heavy atom. The summed E-state index contributed by atoms with van der Waals surface area (Å²) >= 11 is 0. The number of likely N-dealkylation sites (tertiary alicyclic amines) is 1. The Balaban J connectivity index is 1.60. The number of rotatable bonds is 5. The third kappa shape index (κ3) is 4.56. The Labute approximate surface area is 191 Å². The number of carbonyl (C=O) groups excluding carboxylic acids is 1. The smallest absolute Gasteiger partial charge is 0.253 e. The second kappa shape index (κ2) is 9.17. The van der Waals surface area contributed by atoms with Crippen molar-refractivity contribution in [3.8, 4) is 5.75 Å². The van der Waals surface area contributed by atoms with Crippen LogP contribution in [0.1, 0.15) is 45.5 Å². The van der Waals surface area contributed by atoms with Gasteiger partial charge in [0, 0.05) is 31.6 Å². The van der Waals surface area contributed by atoms with Crippen molar-refractivity contribution in [2.45, 2.75) is 31.7 Å². The van der Waals surface area contributed by atoms with Gasteiger partial charge in [-0.05, 0) is 73.8 Å². The third-order valence-electron chi connectivity index (χ3n) is 6.73. The number of carbonyl (C=O) groups is 1. The summed E-state index contributed by atoms with van der Waals surface area (Å²) < 4.78 is 0. The molecule has 0 spiro atoms. The minimum Gasteiger partial charge on any atom is -0.508 e. The summed E-state index contributed by atoms with van der Waals surface area (Å²) in [5.74, 6) is 0.305. The molecule has 0 unspecified atom stereocenters. The molecule has 166 valence electrons. The van der Waals surface area contributed by atoms with Gasteiger partial charge in [0.25, 0.3) is 5.91 Å². The van der Waals surface area contributed by atoms with E-state index in [1.54, 1.807) is 25.1 Å². The van der Waals surface area contributed by atoms with Crippen molar-refractivity contribution in [1.82, 2.24) is 9.80 Å². The first-order valence-corrected chi connectivity index (χ1v) is 11.3. The van der Waals surface area contributed by atoms with Gasteiger partial charge in [0.2, 0.25) is 0 Å². The molecule has 0 bridgehead atoms. The molecule has 1 fully saturated rings. The quantitative estimate of drug-likeness (QED) is 0.623. The van der Waals surface area contributed by atoms with E-state index in [4.69, 9.17) is 0 Å². The summed E-state index contributed by atoms with van der Waals surface area (Å²) in [6, 6.07) is 24.5. The summed E-state index contributed by atoms with van der Waals surface area (Å²) in [6.07, 6.45) is 1.92. The van der Waals surface area contributed by atoms with E-state index in [1.165, 1.54) is 16.7 Å². The highest BCUT2D eigenvalue weighted by molar-refractivity contribution is 5.93. The van der Waals surface area contributed by atoms with E-state index in [1.807, 2.05) is 24.3 Å². The van der Waals surface area contributed by atoms with E-state index in [0.717, 1.165) is 38.0 Å². The minimum atomic E-state index is -0.178. The zero-order valence-corrected chi connectivity index (χ0v) is 19.2. The largest absolute Gasteiger partial charge is 0.508 e. The molecule has 1 N–H and O–H groups in total. The maximum Gasteiger partial charge on any atom is 0.253 e. The SMILES string of the molecule is Cc1ccc(CN2CCC(c3ccc(C(=O)N(C)C)cc3)(c3cccc(O)c3)CC2)cc1. The van der Waals surface area contributed by atoms with E-state index < -0.39 is 0 Å². The zero-order chi connectivity index (χ0) is 22.7. The predicted molar refractivity (Wildman–Crippen MR) is 129 cm³/mol. The van der Waals surface area contributed by atoms with Gasteiger partial charge >= 0.3 is 0 Å². The molecule has 4 rings (SSSR count). The Kier molecular flexibility index (Phi) is 6.33. The number of amides is 1. The van der Waals surface area contributed by atoms with Crippen molar-refractivity contribution < 1.29 is 9.90 Å². The van der Waals surface area contributed by atoms with Crippen LogP contribution in [0.2, 0.25) is 0 Å². The average Bonchev–Trinajstić information content (AvgIpc) is 2.81. The molecule has 0 radical (unpaired) electrons. The topological polar surface area (TPSA) is 43.8 Å². The van der Waals surface area contributed by atoms with Crippen LogP contribution in [0.3, 0.4) is 0 Å². The average molecular weight is 429 g/mol. The van der Waals surface area contributed by atoms with Gasteiger partial charge in [-0.25, -0.2) is 0 Å². The predicted octanol–water partition coefficient (Wildman–Crippen LogP) is 4.98. The summed E-state index contributed by atoms with van der Waals surface area (Å²) in [5, 5.41) is 10.2. The lowest BCUT2D eigenvalue weighted by Crippen LogP contribution is -2.43. The highest BCUT2D eigenvalue weighted by Crippen LogP contribution is 2.43. The molecule has 3 aromatic rings. The molecular formula is C28H32N2O2. The third-order valence-corrected chi connectivity index (χ3v) is 6.73. The molecule has 1 heterocycles. The molecule has 0 aliphatic carbocycles. The first-order chi connectivity index (χ1) is 15.4. The van der Waals surface area contributed by atoms with Crippen LogP contribution in [0.4, 0.5) is 0 Å². The molecule has 4 nitrogen and oxygen atoms in total. The number of piperidine rings is 1. The monoisotopic (exact) mass is 428 g/mol. The van der Waals surface area contributed by atoms with Crippen molar-refractivity contribution >= 4 is 5.91 Å². The summed E-state index contributed by atoms with van der Waals surface area (Å²) in [6.45, 7) is 5.02. The lowest BCUT2D eigenvalue weighted by molar-refractivity contribution is 0.0827. The number of phenolic OH excluding ortho intramolecular Hbond substituents is 1. The van der Waals surface area contributed by atoms with Gasteiger partial charge in [-0.2, -0.15) is 0 Å². The van der Waals surface area contributed by atoms with Gasteiger partial charge in [-0.15, -0.1) is 0 Å². The first kappa shape index (κ1) is 22.1. The molecule has 3 aromatic carbocycles. The summed E-state index contributed by atoms with van der Waals surface area (Å²) in [5.41, 5.74) is 5.48. The van der Waals surface area contributed by atoms with Gasteiger partial charge in [-0.1, -0.05) is 54.1 Å². The van der Waals surface area contributed by atoms with Crippen LogP contribution in [0.15, 0.2) is 72.8 Å². The number of aryl methyl sites for hydroxylation is 1. The molecule has 0 atom stereocenters. The number of hydrogen-bond acceptors (Lipinski definition) is 3. The number of benzene rings is 3. The molecule has 1 saturated heterocycles. The van der Waals surface area contributed by atoms with Gasteiger partial charge < -0.3 is 10.0 Å². The zero-order valence-electron chi connectivity index (χ0n) is 19.2. The summed E-state index contributed by atoms with van der Waals surface area (Å²) in [7, 11) is 3.54. The van der Waals surface area contributed by atoms with Crippen molar-refractivity contribution in [2.24, 2.45) is 0 Å². The molecule has 1 aliphatic rings. The molecule has 0 saturated carbocycles. The van der Waals surface area contributed by atoms with Crippen molar-refractivity contribution in [2.75, 3.05) is 27.2 Å². The molecule has 32 heavy (non-hydrogen) atoms. The second-order valence-electron chi connectivity index (χ2n) is 9.17. The van der Waals surface area contributed by atoms with Gasteiger partial charge in [-0.3, -0.25) is 9.69 Å². The molecule has 1 aliphatic heterocycles. The Morgan fingerprint density at radius 2 is 1.59 bits per heavy atom. The number of phenols is 1. The minimum absolute atomic E-state index is 0.0101. The van der Waals surface area contributed by atoms with E-state index in [-0.39, 0.29) is 11.3 Å². The fourth-order valence-corrected chi connectivity index (χ4v) is 4.78. The maximum atomic E-state index is 12.4. The normalized spacial score (nSPS) is 16.0. The number of nitrogens with zero attached hydrogens (tertiary/aromatic N) is 2.